The molecule has 1 aromatic rings. The highest BCUT2D eigenvalue weighted by Crippen LogP contribution is 2.17. The molecule has 2 nitrogen and oxygen atoms in total. The fraction of sp³-hybridized carbons (Fsp3) is 0.400. The van der Waals surface area contributed by atoms with Gasteiger partial charge in [0, 0.05) is 17.9 Å². The minimum atomic E-state index is 0.885. The van der Waals surface area contributed by atoms with Crippen LogP contribution in [0.1, 0.15) is 19.4 Å². The van der Waals surface area contributed by atoms with Gasteiger partial charge in [-0.05, 0) is 31.0 Å². The van der Waals surface area contributed by atoms with Crippen LogP contribution in [0.5, 0.6) is 0 Å². The first kappa shape index (κ1) is 8.91. The Morgan fingerprint density at radius 2 is 2.08 bits per heavy atom. The summed E-state index contributed by atoms with van der Waals surface area (Å²) in [5, 5.41) is 3.22. The second kappa shape index (κ2) is 4.00. The summed E-state index contributed by atoms with van der Waals surface area (Å²) in [6.45, 7) is 5.12. The van der Waals surface area contributed by atoms with Gasteiger partial charge < -0.3 is 11.1 Å². The molecular formula is C10H16N2. The van der Waals surface area contributed by atoms with Crippen molar-refractivity contribution in [2.45, 2.75) is 20.3 Å². The zero-order valence-corrected chi connectivity index (χ0v) is 7.72. The van der Waals surface area contributed by atoms with Gasteiger partial charge in [-0.2, -0.15) is 0 Å². The van der Waals surface area contributed by atoms with E-state index in [0.29, 0.717) is 0 Å². The van der Waals surface area contributed by atoms with Gasteiger partial charge in [0.15, 0.2) is 0 Å². The predicted molar refractivity (Wildman–Crippen MR) is 54.4 cm³/mol. The lowest BCUT2D eigenvalue weighted by Crippen LogP contribution is -1.99. The van der Waals surface area contributed by atoms with Gasteiger partial charge in [0.25, 0.3) is 0 Å². The molecule has 0 saturated heterocycles. The van der Waals surface area contributed by atoms with Crippen molar-refractivity contribution >= 4 is 11.4 Å². The highest BCUT2D eigenvalue weighted by molar-refractivity contribution is 5.58. The van der Waals surface area contributed by atoms with E-state index in [4.69, 9.17) is 5.73 Å². The van der Waals surface area contributed by atoms with Gasteiger partial charge in [0.1, 0.15) is 0 Å². The van der Waals surface area contributed by atoms with Crippen LogP contribution in [0.15, 0.2) is 18.2 Å². The average molecular weight is 164 g/mol. The number of hydrogen-bond donors (Lipinski definition) is 2. The molecule has 0 fully saturated rings. The minimum Gasteiger partial charge on any atom is -0.398 e. The van der Waals surface area contributed by atoms with Crippen LogP contribution in [0.2, 0.25) is 0 Å². The molecule has 0 atom stereocenters. The molecule has 0 saturated carbocycles. The van der Waals surface area contributed by atoms with Crippen molar-refractivity contribution in [3.63, 3.8) is 0 Å². The number of nitrogens with two attached hydrogens (primary N) is 1. The first-order valence-electron chi connectivity index (χ1n) is 4.40. The molecule has 1 rings (SSSR count). The summed E-state index contributed by atoms with van der Waals surface area (Å²) in [7, 11) is 0. The number of nitrogen functional groups attached to an aromatic ring is 1. The lowest BCUT2D eigenvalue weighted by molar-refractivity contribution is 1.14. The third-order valence-electron chi connectivity index (χ3n) is 1.91. The summed E-state index contributed by atoms with van der Waals surface area (Å²) in [4.78, 5) is 0. The standard InChI is InChI=1S/C10H16N2/c1-3-8-5-6-9(12-4-2)7-10(8)11/h5-7,12H,3-4,11H2,1-2H3. The summed E-state index contributed by atoms with van der Waals surface area (Å²) < 4.78 is 0. The van der Waals surface area contributed by atoms with E-state index in [1.807, 2.05) is 6.07 Å². The first-order valence-corrected chi connectivity index (χ1v) is 4.40. The van der Waals surface area contributed by atoms with Crippen LogP contribution in [0.4, 0.5) is 11.4 Å². The Hall–Kier alpha value is -1.18. The number of hydrogen-bond acceptors (Lipinski definition) is 2. The third-order valence-corrected chi connectivity index (χ3v) is 1.91. The molecule has 2 heteroatoms. The monoisotopic (exact) mass is 164 g/mol. The first-order chi connectivity index (χ1) is 5.77. The van der Waals surface area contributed by atoms with Crippen LogP contribution in [-0.2, 0) is 6.42 Å². The van der Waals surface area contributed by atoms with E-state index in [0.717, 1.165) is 24.3 Å². The molecule has 0 spiro atoms. The third kappa shape index (κ3) is 1.91. The van der Waals surface area contributed by atoms with E-state index in [1.165, 1.54) is 5.56 Å². The molecule has 3 N–H and O–H groups in total. The Bertz CT molecular complexity index is 256. The van der Waals surface area contributed by atoms with Gasteiger partial charge in [0.2, 0.25) is 0 Å². The van der Waals surface area contributed by atoms with Crippen LogP contribution in [0.3, 0.4) is 0 Å². The van der Waals surface area contributed by atoms with Gasteiger partial charge in [-0.3, -0.25) is 0 Å². The molecule has 12 heavy (non-hydrogen) atoms. The summed E-state index contributed by atoms with van der Waals surface area (Å²) in [5.74, 6) is 0. The second-order valence-corrected chi connectivity index (χ2v) is 2.80. The Balaban J connectivity index is 2.86. The lowest BCUT2D eigenvalue weighted by atomic mass is 10.1. The van der Waals surface area contributed by atoms with Gasteiger partial charge in [0.05, 0.1) is 0 Å². The van der Waals surface area contributed by atoms with Crippen molar-refractivity contribution in [3.05, 3.63) is 23.8 Å². The Labute approximate surface area is 73.8 Å². The van der Waals surface area contributed by atoms with Gasteiger partial charge >= 0.3 is 0 Å². The predicted octanol–water partition coefficient (Wildman–Crippen LogP) is 2.26. The number of aryl methyl sites for hydroxylation is 1. The topological polar surface area (TPSA) is 38.0 Å². The Morgan fingerprint density at radius 1 is 1.33 bits per heavy atom. The highest BCUT2D eigenvalue weighted by atomic mass is 14.9. The SMILES string of the molecule is CCNc1ccc(CC)c(N)c1. The molecule has 0 unspecified atom stereocenters. The fourth-order valence-electron chi connectivity index (χ4n) is 1.23. The summed E-state index contributed by atoms with van der Waals surface area (Å²) >= 11 is 0. The number of anilines is 2. The fourth-order valence-corrected chi connectivity index (χ4v) is 1.23. The van der Waals surface area contributed by atoms with E-state index in [9.17, 15) is 0 Å². The quantitative estimate of drug-likeness (QED) is 0.672. The van der Waals surface area contributed by atoms with E-state index >= 15 is 0 Å². The van der Waals surface area contributed by atoms with Crippen LogP contribution in [-0.4, -0.2) is 6.54 Å². The largest absolute Gasteiger partial charge is 0.398 e. The molecular weight excluding hydrogens is 148 g/mol. The number of benzene rings is 1. The van der Waals surface area contributed by atoms with Crippen molar-refractivity contribution in [3.8, 4) is 0 Å². The molecule has 0 aliphatic rings. The smallest absolute Gasteiger partial charge is 0.0367 e. The van der Waals surface area contributed by atoms with E-state index in [2.05, 4.69) is 31.3 Å². The molecule has 0 radical (unpaired) electrons. The van der Waals surface area contributed by atoms with Gasteiger partial charge in [-0.1, -0.05) is 13.0 Å². The molecule has 0 bridgehead atoms. The van der Waals surface area contributed by atoms with Crippen LogP contribution < -0.4 is 11.1 Å². The van der Waals surface area contributed by atoms with E-state index in [1.54, 1.807) is 0 Å². The maximum atomic E-state index is 5.82. The lowest BCUT2D eigenvalue weighted by Gasteiger charge is -2.07. The molecule has 0 heterocycles. The summed E-state index contributed by atoms with van der Waals surface area (Å²) in [5.41, 5.74) is 9.03. The van der Waals surface area contributed by atoms with E-state index in [-0.39, 0.29) is 0 Å². The molecule has 0 aromatic heterocycles. The highest BCUT2D eigenvalue weighted by Gasteiger charge is 1.96. The van der Waals surface area contributed by atoms with Crippen molar-refractivity contribution in [1.82, 2.24) is 0 Å². The van der Waals surface area contributed by atoms with Gasteiger partial charge in [-0.25, -0.2) is 0 Å². The van der Waals surface area contributed by atoms with Crippen LogP contribution in [0, 0.1) is 0 Å². The molecule has 0 aliphatic heterocycles. The average Bonchev–Trinajstić information content (AvgIpc) is 2.05. The number of nitrogens with one attached hydrogen (secondary N) is 1. The molecule has 66 valence electrons. The van der Waals surface area contributed by atoms with Gasteiger partial charge in [-0.15, -0.1) is 0 Å². The normalized spacial score (nSPS) is 9.83. The minimum absolute atomic E-state index is 0.885. The summed E-state index contributed by atoms with van der Waals surface area (Å²) in [6.07, 6.45) is 0.998. The zero-order valence-electron chi connectivity index (χ0n) is 7.72. The Morgan fingerprint density at radius 3 is 2.58 bits per heavy atom. The van der Waals surface area contributed by atoms with E-state index < -0.39 is 0 Å². The van der Waals surface area contributed by atoms with Crippen molar-refractivity contribution in [1.29, 1.82) is 0 Å². The molecule has 1 aromatic carbocycles. The molecule has 0 amide bonds. The van der Waals surface area contributed by atoms with Crippen molar-refractivity contribution < 1.29 is 0 Å². The maximum Gasteiger partial charge on any atom is 0.0367 e. The Kier molecular flexibility index (Phi) is 2.97. The molecule has 0 aliphatic carbocycles. The van der Waals surface area contributed by atoms with Crippen LogP contribution in [0.25, 0.3) is 0 Å². The van der Waals surface area contributed by atoms with Crippen molar-refractivity contribution in [2.24, 2.45) is 0 Å². The summed E-state index contributed by atoms with van der Waals surface area (Å²) in [6, 6.07) is 6.13. The van der Waals surface area contributed by atoms with Crippen LogP contribution >= 0.6 is 0 Å². The maximum absolute atomic E-state index is 5.82. The van der Waals surface area contributed by atoms with Crippen molar-refractivity contribution in [2.75, 3.05) is 17.6 Å². The number of rotatable bonds is 3. The zero-order chi connectivity index (χ0) is 8.97. The second-order valence-electron chi connectivity index (χ2n) is 2.80.